The number of hydrogen-bond acceptors (Lipinski definition) is 5. The molecule has 0 saturated carbocycles. The summed E-state index contributed by atoms with van der Waals surface area (Å²) in [7, 11) is -3.78. The number of aryl methyl sites for hydroxylation is 1. The van der Waals surface area contributed by atoms with Gasteiger partial charge in [0.05, 0.1) is 4.90 Å². The predicted octanol–water partition coefficient (Wildman–Crippen LogP) is 4.23. The molecule has 2 N–H and O–H groups in total. The van der Waals surface area contributed by atoms with Gasteiger partial charge in [0.25, 0.3) is 0 Å². The lowest BCUT2D eigenvalue weighted by molar-refractivity contribution is 0.0920. The molecule has 0 saturated heterocycles. The Bertz CT molecular complexity index is 1490. The van der Waals surface area contributed by atoms with E-state index in [-0.39, 0.29) is 23.1 Å². The third-order valence-corrected chi connectivity index (χ3v) is 6.61. The monoisotopic (exact) mass is 488 g/mol. The van der Waals surface area contributed by atoms with Gasteiger partial charge in [-0.15, -0.1) is 0 Å². The van der Waals surface area contributed by atoms with Crippen molar-refractivity contribution >= 4 is 21.6 Å². The van der Waals surface area contributed by atoms with Gasteiger partial charge in [-0.2, -0.15) is 0 Å². The molecule has 4 aromatic rings. The minimum absolute atomic E-state index is 0.0184. The van der Waals surface area contributed by atoms with Gasteiger partial charge in [0.2, 0.25) is 15.8 Å². The number of ketones is 2. The van der Waals surface area contributed by atoms with Crippen molar-refractivity contribution in [3.05, 3.63) is 113 Å². The van der Waals surface area contributed by atoms with E-state index >= 15 is 0 Å². The lowest BCUT2D eigenvalue weighted by Crippen LogP contribution is -2.13. The Morgan fingerprint density at radius 1 is 0.857 bits per heavy atom. The number of carbonyl (C=O) groups is 2. The van der Waals surface area contributed by atoms with Crippen LogP contribution in [0.15, 0.2) is 89.8 Å². The van der Waals surface area contributed by atoms with Gasteiger partial charge >= 0.3 is 0 Å². The SMILES string of the molecule is Cc1cc(C(=O)COc2ccc(C(=O)c3ccccc3)cc2)c(C)n1-c1ccc(S(N)(=O)=O)cc1. The molecule has 0 atom stereocenters. The van der Waals surface area contributed by atoms with Crippen LogP contribution in [0.4, 0.5) is 0 Å². The number of benzene rings is 3. The van der Waals surface area contributed by atoms with E-state index in [0.29, 0.717) is 33.8 Å². The van der Waals surface area contributed by atoms with Crippen LogP contribution in [0, 0.1) is 13.8 Å². The molecule has 0 radical (unpaired) electrons. The maximum atomic E-state index is 12.9. The summed E-state index contributed by atoms with van der Waals surface area (Å²) in [6.45, 7) is 3.51. The Morgan fingerprint density at radius 2 is 1.46 bits per heavy atom. The number of hydrogen-bond donors (Lipinski definition) is 1. The van der Waals surface area contributed by atoms with Crippen molar-refractivity contribution in [2.45, 2.75) is 18.7 Å². The highest BCUT2D eigenvalue weighted by atomic mass is 32.2. The largest absolute Gasteiger partial charge is 0.485 e. The standard InChI is InChI=1S/C27H24N2O5S/c1-18-16-25(19(2)29(18)22-10-14-24(15-11-22)35(28,32)33)26(30)17-34-23-12-8-21(9-13-23)27(31)20-6-4-3-5-7-20/h3-16H,17H2,1-2H3,(H2,28,32,33). The van der Waals surface area contributed by atoms with E-state index in [1.165, 1.54) is 12.1 Å². The first-order valence-electron chi connectivity index (χ1n) is 10.8. The van der Waals surface area contributed by atoms with Gasteiger partial charge in [-0.3, -0.25) is 9.59 Å². The number of primary sulfonamides is 1. The second-order valence-electron chi connectivity index (χ2n) is 8.09. The van der Waals surface area contributed by atoms with Gasteiger partial charge < -0.3 is 9.30 Å². The Morgan fingerprint density at radius 3 is 2.06 bits per heavy atom. The molecular weight excluding hydrogens is 464 g/mol. The van der Waals surface area contributed by atoms with Crippen molar-refractivity contribution in [2.24, 2.45) is 5.14 Å². The zero-order valence-corrected chi connectivity index (χ0v) is 20.1. The molecule has 178 valence electrons. The highest BCUT2D eigenvalue weighted by Crippen LogP contribution is 2.23. The smallest absolute Gasteiger partial charge is 0.238 e. The first-order chi connectivity index (χ1) is 16.6. The van der Waals surface area contributed by atoms with Crippen LogP contribution in [0.25, 0.3) is 5.69 Å². The van der Waals surface area contributed by atoms with Crippen molar-refractivity contribution in [1.82, 2.24) is 4.57 Å². The predicted molar refractivity (Wildman–Crippen MR) is 133 cm³/mol. The van der Waals surface area contributed by atoms with Gasteiger partial charge in [0.15, 0.2) is 12.4 Å². The van der Waals surface area contributed by atoms with Crippen LogP contribution in [-0.2, 0) is 10.0 Å². The van der Waals surface area contributed by atoms with Gasteiger partial charge in [-0.25, -0.2) is 13.6 Å². The molecule has 4 rings (SSSR count). The lowest BCUT2D eigenvalue weighted by Gasteiger charge is -2.11. The molecule has 0 fully saturated rings. The van der Waals surface area contributed by atoms with E-state index in [9.17, 15) is 18.0 Å². The molecule has 0 bridgehead atoms. The maximum absolute atomic E-state index is 12.9. The maximum Gasteiger partial charge on any atom is 0.238 e. The molecule has 1 aromatic heterocycles. The summed E-state index contributed by atoms with van der Waals surface area (Å²) >= 11 is 0. The van der Waals surface area contributed by atoms with Crippen LogP contribution in [0.3, 0.4) is 0 Å². The van der Waals surface area contributed by atoms with Crippen LogP contribution in [0.2, 0.25) is 0 Å². The number of carbonyl (C=O) groups excluding carboxylic acids is 2. The minimum atomic E-state index is -3.78. The summed E-state index contributed by atoms with van der Waals surface area (Å²) in [5.41, 5.74) is 3.89. The highest BCUT2D eigenvalue weighted by Gasteiger charge is 2.18. The van der Waals surface area contributed by atoms with Crippen molar-refractivity contribution in [3.8, 4) is 11.4 Å². The highest BCUT2D eigenvalue weighted by molar-refractivity contribution is 7.89. The second-order valence-corrected chi connectivity index (χ2v) is 9.65. The number of ether oxygens (including phenoxy) is 1. The van der Waals surface area contributed by atoms with Crippen molar-refractivity contribution in [3.63, 3.8) is 0 Å². The molecule has 3 aromatic carbocycles. The van der Waals surface area contributed by atoms with Crippen LogP contribution in [0.1, 0.15) is 37.7 Å². The van der Waals surface area contributed by atoms with E-state index < -0.39 is 10.0 Å². The Hall–Kier alpha value is -4.01. The molecule has 0 aliphatic carbocycles. The summed E-state index contributed by atoms with van der Waals surface area (Å²) in [4.78, 5) is 25.4. The zero-order valence-electron chi connectivity index (χ0n) is 19.3. The first-order valence-corrected chi connectivity index (χ1v) is 12.4. The molecule has 1 heterocycles. The lowest BCUT2D eigenvalue weighted by atomic mass is 10.0. The summed E-state index contributed by atoms with van der Waals surface area (Å²) in [5, 5.41) is 5.17. The molecule has 0 unspecified atom stereocenters. The van der Waals surface area contributed by atoms with E-state index in [1.807, 2.05) is 36.6 Å². The average molecular weight is 489 g/mol. The van der Waals surface area contributed by atoms with Gasteiger partial charge in [0, 0.05) is 33.8 Å². The van der Waals surface area contributed by atoms with Crippen LogP contribution in [-0.4, -0.2) is 31.2 Å². The molecule has 0 aliphatic heterocycles. The van der Waals surface area contributed by atoms with E-state index in [4.69, 9.17) is 9.88 Å². The normalized spacial score (nSPS) is 11.3. The fourth-order valence-electron chi connectivity index (χ4n) is 3.91. The van der Waals surface area contributed by atoms with E-state index in [1.54, 1.807) is 54.6 Å². The molecule has 0 amide bonds. The Balaban J connectivity index is 1.46. The number of nitrogens with zero attached hydrogens (tertiary/aromatic N) is 1. The summed E-state index contributed by atoms with van der Waals surface area (Å²) < 4.78 is 30.6. The molecule has 0 spiro atoms. The third kappa shape index (κ3) is 5.24. The van der Waals surface area contributed by atoms with Gasteiger partial charge in [-0.1, -0.05) is 30.3 Å². The second kappa shape index (κ2) is 9.69. The molecule has 0 aliphatic rings. The quantitative estimate of drug-likeness (QED) is 0.373. The average Bonchev–Trinajstić information content (AvgIpc) is 3.16. The minimum Gasteiger partial charge on any atom is -0.485 e. The number of sulfonamides is 1. The van der Waals surface area contributed by atoms with Crippen molar-refractivity contribution < 1.29 is 22.7 Å². The molecule has 8 heteroatoms. The fourth-order valence-corrected chi connectivity index (χ4v) is 4.43. The van der Waals surface area contributed by atoms with E-state index in [0.717, 1.165) is 5.69 Å². The van der Waals surface area contributed by atoms with Crippen molar-refractivity contribution in [1.29, 1.82) is 0 Å². The van der Waals surface area contributed by atoms with Crippen LogP contribution >= 0.6 is 0 Å². The number of nitrogens with two attached hydrogens (primary N) is 1. The number of aromatic nitrogens is 1. The number of rotatable bonds is 8. The number of Topliss-reactive ketones (excluding diaryl/α,β-unsaturated/α-hetero) is 1. The Labute approximate surface area is 203 Å². The van der Waals surface area contributed by atoms with E-state index in [2.05, 4.69) is 0 Å². The summed E-state index contributed by atoms with van der Waals surface area (Å²) in [5.74, 6) is 0.197. The third-order valence-electron chi connectivity index (χ3n) is 5.68. The summed E-state index contributed by atoms with van der Waals surface area (Å²) in [6, 6.07) is 23.6. The van der Waals surface area contributed by atoms with Crippen LogP contribution in [0.5, 0.6) is 5.75 Å². The topological polar surface area (TPSA) is 108 Å². The first kappa shape index (κ1) is 24.1. The fraction of sp³-hybridized carbons (Fsp3) is 0.111. The zero-order chi connectivity index (χ0) is 25.2. The molecule has 35 heavy (non-hydrogen) atoms. The van der Waals surface area contributed by atoms with Gasteiger partial charge in [-0.05, 0) is 68.4 Å². The van der Waals surface area contributed by atoms with Crippen molar-refractivity contribution in [2.75, 3.05) is 6.61 Å². The molecular formula is C27H24N2O5S. The summed E-state index contributed by atoms with van der Waals surface area (Å²) in [6.07, 6.45) is 0. The van der Waals surface area contributed by atoms with Crippen LogP contribution < -0.4 is 9.88 Å². The molecule has 7 nitrogen and oxygen atoms in total. The Kier molecular flexibility index (Phi) is 6.68. The van der Waals surface area contributed by atoms with Gasteiger partial charge in [0.1, 0.15) is 5.75 Å².